The average Bonchev–Trinajstić information content (AvgIpc) is 3.00. The molecule has 26 heavy (non-hydrogen) atoms. The molecule has 0 fully saturated rings. The molecule has 0 radical (unpaired) electrons. The number of rotatable bonds is 6. The Labute approximate surface area is 165 Å². The monoisotopic (exact) mass is 406 g/mol. The molecule has 2 aromatic carbocycles. The number of thioether (sulfide) groups is 1. The summed E-state index contributed by atoms with van der Waals surface area (Å²) in [5.41, 5.74) is 1.88. The molecule has 8 heteroatoms. The third kappa shape index (κ3) is 4.78. The fourth-order valence-corrected chi connectivity index (χ4v) is 3.36. The minimum atomic E-state index is -0.0720. The van der Waals surface area contributed by atoms with Gasteiger partial charge >= 0.3 is 0 Å². The zero-order chi connectivity index (χ0) is 18.5. The standard InChI is InChI=1S/C18H16Cl2N4OS/c1-24-17(13-3-2-4-15(20)9-13)22-23-18(24)26-11-16(25)21-10-12-5-7-14(19)8-6-12/h2-9H,10-11H2,1H3,(H,21,25). The third-order valence-electron chi connectivity index (χ3n) is 3.65. The van der Waals surface area contributed by atoms with Gasteiger partial charge in [-0.25, -0.2) is 0 Å². The highest BCUT2D eigenvalue weighted by atomic mass is 35.5. The van der Waals surface area contributed by atoms with Gasteiger partial charge in [0.2, 0.25) is 5.91 Å². The summed E-state index contributed by atoms with van der Waals surface area (Å²) >= 11 is 13.2. The SMILES string of the molecule is Cn1c(SCC(=O)NCc2ccc(Cl)cc2)nnc1-c1cccc(Cl)c1. The Balaban J connectivity index is 1.56. The van der Waals surface area contributed by atoms with E-state index < -0.39 is 0 Å². The van der Waals surface area contributed by atoms with E-state index in [2.05, 4.69) is 15.5 Å². The number of nitrogens with zero attached hydrogens (tertiary/aromatic N) is 3. The zero-order valence-corrected chi connectivity index (χ0v) is 16.3. The third-order valence-corrected chi connectivity index (χ3v) is 5.16. The molecule has 1 aromatic heterocycles. The summed E-state index contributed by atoms with van der Waals surface area (Å²) in [5, 5.41) is 13.2. The molecule has 134 valence electrons. The molecule has 0 saturated carbocycles. The maximum absolute atomic E-state index is 12.1. The molecule has 0 aliphatic heterocycles. The molecule has 0 aliphatic carbocycles. The zero-order valence-electron chi connectivity index (χ0n) is 13.9. The number of carbonyl (C=O) groups is 1. The molecular formula is C18H16Cl2N4OS. The van der Waals surface area contributed by atoms with Crippen LogP contribution in [0.4, 0.5) is 0 Å². The number of carbonyl (C=O) groups excluding carboxylic acids is 1. The van der Waals surface area contributed by atoms with E-state index in [1.807, 2.05) is 48.0 Å². The number of nitrogens with one attached hydrogen (secondary N) is 1. The second-order valence-corrected chi connectivity index (χ2v) is 7.38. The molecule has 0 spiro atoms. The van der Waals surface area contributed by atoms with Gasteiger partial charge in [-0.1, -0.05) is 59.2 Å². The van der Waals surface area contributed by atoms with Crippen molar-refractivity contribution in [1.29, 1.82) is 0 Å². The first-order valence-electron chi connectivity index (χ1n) is 7.82. The van der Waals surface area contributed by atoms with Crippen LogP contribution < -0.4 is 5.32 Å². The highest BCUT2D eigenvalue weighted by molar-refractivity contribution is 7.99. The van der Waals surface area contributed by atoms with Crippen molar-refractivity contribution < 1.29 is 4.79 Å². The summed E-state index contributed by atoms with van der Waals surface area (Å²) in [6.07, 6.45) is 0. The maximum Gasteiger partial charge on any atom is 0.230 e. The minimum Gasteiger partial charge on any atom is -0.351 e. The molecule has 0 bridgehead atoms. The van der Waals surface area contributed by atoms with Crippen molar-refractivity contribution in [2.24, 2.45) is 7.05 Å². The molecule has 5 nitrogen and oxygen atoms in total. The van der Waals surface area contributed by atoms with E-state index in [1.165, 1.54) is 11.8 Å². The van der Waals surface area contributed by atoms with Crippen molar-refractivity contribution in [3.05, 3.63) is 64.1 Å². The van der Waals surface area contributed by atoms with Crippen molar-refractivity contribution in [1.82, 2.24) is 20.1 Å². The lowest BCUT2D eigenvalue weighted by Crippen LogP contribution is -2.24. The van der Waals surface area contributed by atoms with Gasteiger partial charge in [0.05, 0.1) is 5.75 Å². The Morgan fingerprint density at radius 1 is 1.12 bits per heavy atom. The number of halogens is 2. The Bertz CT molecular complexity index is 912. The summed E-state index contributed by atoms with van der Waals surface area (Å²) in [4.78, 5) is 12.1. The van der Waals surface area contributed by atoms with Gasteiger partial charge in [0.1, 0.15) is 0 Å². The fourth-order valence-electron chi connectivity index (χ4n) is 2.30. The summed E-state index contributed by atoms with van der Waals surface area (Å²) in [5.74, 6) is 0.892. The van der Waals surface area contributed by atoms with Gasteiger partial charge in [0.15, 0.2) is 11.0 Å². The fraction of sp³-hybridized carbons (Fsp3) is 0.167. The van der Waals surface area contributed by atoms with Crippen LogP contribution in [0.3, 0.4) is 0 Å². The Hall–Kier alpha value is -2.02. The van der Waals surface area contributed by atoms with E-state index in [4.69, 9.17) is 23.2 Å². The maximum atomic E-state index is 12.1. The molecule has 0 aliphatic rings. The topological polar surface area (TPSA) is 59.8 Å². The van der Waals surface area contributed by atoms with Crippen LogP contribution in [0.2, 0.25) is 10.0 Å². The van der Waals surface area contributed by atoms with Crippen LogP contribution in [-0.2, 0) is 18.4 Å². The van der Waals surface area contributed by atoms with Crippen LogP contribution in [0.1, 0.15) is 5.56 Å². The second-order valence-electron chi connectivity index (χ2n) is 5.57. The van der Waals surface area contributed by atoms with E-state index in [1.54, 1.807) is 12.1 Å². The summed E-state index contributed by atoms with van der Waals surface area (Å²) in [7, 11) is 1.87. The molecule has 3 aromatic rings. The lowest BCUT2D eigenvalue weighted by Gasteiger charge is -2.06. The van der Waals surface area contributed by atoms with Crippen molar-refractivity contribution in [2.75, 3.05) is 5.75 Å². The highest BCUT2D eigenvalue weighted by Crippen LogP contribution is 2.24. The van der Waals surface area contributed by atoms with E-state index in [0.29, 0.717) is 27.6 Å². The van der Waals surface area contributed by atoms with Gasteiger partial charge in [-0.3, -0.25) is 4.79 Å². The largest absolute Gasteiger partial charge is 0.351 e. The van der Waals surface area contributed by atoms with E-state index >= 15 is 0 Å². The predicted octanol–water partition coefficient (Wildman–Crippen LogP) is 4.20. The lowest BCUT2D eigenvalue weighted by atomic mass is 10.2. The molecule has 0 unspecified atom stereocenters. The van der Waals surface area contributed by atoms with Crippen molar-refractivity contribution >= 4 is 40.9 Å². The molecule has 1 amide bonds. The predicted molar refractivity (Wildman–Crippen MR) is 105 cm³/mol. The van der Waals surface area contributed by atoms with E-state index in [-0.39, 0.29) is 11.7 Å². The van der Waals surface area contributed by atoms with Crippen molar-refractivity contribution in [2.45, 2.75) is 11.7 Å². The Morgan fingerprint density at radius 2 is 1.88 bits per heavy atom. The van der Waals surface area contributed by atoms with Crippen LogP contribution in [-0.4, -0.2) is 26.4 Å². The molecule has 1 heterocycles. The van der Waals surface area contributed by atoms with Crippen molar-refractivity contribution in [3.63, 3.8) is 0 Å². The number of hydrogen-bond acceptors (Lipinski definition) is 4. The van der Waals surface area contributed by atoms with Crippen LogP contribution in [0, 0.1) is 0 Å². The normalized spacial score (nSPS) is 10.7. The molecule has 1 N–H and O–H groups in total. The molecule has 0 atom stereocenters. The summed E-state index contributed by atoms with van der Waals surface area (Å²) < 4.78 is 1.85. The second kappa shape index (κ2) is 8.58. The van der Waals surface area contributed by atoms with Gasteiger partial charge in [-0.05, 0) is 29.8 Å². The van der Waals surface area contributed by atoms with Crippen LogP contribution in [0.15, 0.2) is 53.7 Å². The first-order chi connectivity index (χ1) is 12.5. The molecule has 0 saturated heterocycles. The van der Waals surface area contributed by atoms with Gasteiger partial charge in [-0.15, -0.1) is 10.2 Å². The molecular weight excluding hydrogens is 391 g/mol. The Morgan fingerprint density at radius 3 is 2.62 bits per heavy atom. The van der Waals surface area contributed by atoms with Gasteiger partial charge in [-0.2, -0.15) is 0 Å². The quantitative estimate of drug-likeness (QED) is 0.623. The van der Waals surface area contributed by atoms with Gasteiger partial charge < -0.3 is 9.88 Å². The van der Waals surface area contributed by atoms with Gasteiger partial charge in [0.25, 0.3) is 0 Å². The number of amides is 1. The van der Waals surface area contributed by atoms with Gasteiger partial charge in [0, 0.05) is 29.2 Å². The minimum absolute atomic E-state index is 0.0720. The summed E-state index contributed by atoms with van der Waals surface area (Å²) in [6.45, 7) is 0.461. The number of aromatic nitrogens is 3. The first kappa shape index (κ1) is 18.8. The smallest absolute Gasteiger partial charge is 0.230 e. The average molecular weight is 407 g/mol. The van der Waals surface area contributed by atoms with Crippen LogP contribution in [0.5, 0.6) is 0 Å². The van der Waals surface area contributed by atoms with Crippen molar-refractivity contribution in [3.8, 4) is 11.4 Å². The summed E-state index contributed by atoms with van der Waals surface area (Å²) in [6, 6.07) is 14.8. The first-order valence-corrected chi connectivity index (χ1v) is 9.56. The highest BCUT2D eigenvalue weighted by Gasteiger charge is 2.13. The van der Waals surface area contributed by atoms with Crippen LogP contribution in [0.25, 0.3) is 11.4 Å². The molecule has 3 rings (SSSR count). The number of hydrogen-bond donors (Lipinski definition) is 1. The Kier molecular flexibility index (Phi) is 6.19. The van der Waals surface area contributed by atoms with E-state index in [9.17, 15) is 4.79 Å². The van der Waals surface area contributed by atoms with E-state index in [0.717, 1.165) is 11.1 Å². The lowest BCUT2D eigenvalue weighted by molar-refractivity contribution is -0.118. The van der Waals surface area contributed by atoms with Crippen LogP contribution >= 0.6 is 35.0 Å². The number of benzene rings is 2.